The van der Waals surface area contributed by atoms with Crippen molar-refractivity contribution in [3.05, 3.63) is 148 Å². The molecular weight excluding hydrogens is 412 g/mol. The van der Waals surface area contributed by atoms with Crippen LogP contribution in [0.5, 0.6) is 0 Å². The summed E-state index contributed by atoms with van der Waals surface area (Å²) in [5.74, 6) is -0.0740. The van der Waals surface area contributed by atoms with Crippen molar-refractivity contribution in [2.45, 2.75) is 5.41 Å². The summed E-state index contributed by atoms with van der Waals surface area (Å²) in [5, 5.41) is 0.265. The Bertz CT molecular complexity index is 1430. The Hall–Kier alpha value is -3.68. The quantitative estimate of drug-likeness (QED) is 0.331. The first-order chi connectivity index (χ1) is 15.7. The number of carbonyl (C=O) groups is 1. The maximum atomic E-state index is 14.2. The third kappa shape index (κ3) is 2.49. The molecule has 1 nitrogen and oxygen atoms in total. The molecule has 2 aliphatic carbocycles. The van der Waals surface area contributed by atoms with E-state index in [-0.39, 0.29) is 10.8 Å². The van der Waals surface area contributed by atoms with Crippen LogP contribution in [0.2, 0.25) is 0 Å². The zero-order valence-corrected chi connectivity index (χ0v) is 18.0. The lowest BCUT2D eigenvalue weighted by atomic mass is 9.63. The minimum absolute atomic E-state index is 0.0740. The number of fused-ring (bicyclic) bond motifs is 4. The Kier molecular flexibility index (Phi) is 4.28. The van der Waals surface area contributed by atoms with Crippen LogP contribution < -0.4 is 0 Å². The van der Waals surface area contributed by atoms with Crippen molar-refractivity contribution in [2.24, 2.45) is 0 Å². The van der Waals surface area contributed by atoms with E-state index in [4.69, 9.17) is 11.6 Å². The monoisotopic (exact) mass is 430 g/mol. The largest absolute Gasteiger partial charge is 0.291 e. The predicted octanol–water partition coefficient (Wildman–Crippen LogP) is 7.11. The fourth-order valence-electron chi connectivity index (χ4n) is 5.34. The molecule has 0 aromatic heterocycles. The highest BCUT2D eigenvalue weighted by atomic mass is 35.5. The lowest BCUT2D eigenvalue weighted by Gasteiger charge is -2.37. The van der Waals surface area contributed by atoms with Gasteiger partial charge in [0, 0.05) is 0 Å². The molecule has 0 heterocycles. The van der Waals surface area contributed by atoms with Gasteiger partial charge >= 0.3 is 0 Å². The van der Waals surface area contributed by atoms with Crippen LogP contribution in [0, 0.1) is 0 Å². The molecule has 2 aliphatic rings. The number of benzene rings is 4. The zero-order chi connectivity index (χ0) is 21.7. The maximum Gasteiger partial charge on any atom is 0.193 e. The van der Waals surface area contributed by atoms with Gasteiger partial charge in [-0.2, -0.15) is 0 Å². The second-order valence-corrected chi connectivity index (χ2v) is 8.59. The molecule has 1 spiro atoms. The smallest absolute Gasteiger partial charge is 0.193 e. The van der Waals surface area contributed by atoms with Crippen molar-refractivity contribution in [2.75, 3.05) is 0 Å². The van der Waals surface area contributed by atoms with Gasteiger partial charge in [-0.15, -0.1) is 0 Å². The number of hydrogen-bond acceptors (Lipinski definition) is 1. The van der Waals surface area contributed by atoms with Crippen molar-refractivity contribution in [3.8, 4) is 0 Å². The van der Waals surface area contributed by atoms with E-state index in [1.165, 1.54) is 0 Å². The van der Waals surface area contributed by atoms with Gasteiger partial charge in [-0.25, -0.2) is 0 Å². The summed E-state index contributed by atoms with van der Waals surface area (Å²) in [7, 11) is 0. The molecule has 0 bridgehead atoms. The van der Waals surface area contributed by atoms with Gasteiger partial charge in [0.15, 0.2) is 5.78 Å². The predicted molar refractivity (Wildman–Crippen MR) is 131 cm³/mol. The van der Waals surface area contributed by atoms with Crippen LogP contribution in [0.3, 0.4) is 0 Å². The number of Topliss-reactive ketones (excluding diaryl/α,β-unsaturated/α-hetero) is 1. The molecule has 0 N–H and O–H groups in total. The van der Waals surface area contributed by atoms with Crippen molar-refractivity contribution >= 4 is 34.6 Å². The molecule has 32 heavy (non-hydrogen) atoms. The van der Waals surface area contributed by atoms with Gasteiger partial charge in [0.05, 0.1) is 5.03 Å². The molecule has 2 heteroatoms. The van der Waals surface area contributed by atoms with Crippen LogP contribution in [-0.4, -0.2) is 5.78 Å². The number of halogens is 1. The summed E-state index contributed by atoms with van der Waals surface area (Å²) in [6, 6.07) is 36.9. The van der Waals surface area contributed by atoms with Crippen molar-refractivity contribution in [1.82, 2.24) is 0 Å². The molecule has 0 fully saturated rings. The normalized spacial score (nSPS) is 19.0. The van der Waals surface area contributed by atoms with E-state index in [2.05, 4.69) is 42.5 Å². The van der Waals surface area contributed by atoms with Crippen LogP contribution >= 0.6 is 11.6 Å². The van der Waals surface area contributed by atoms with E-state index >= 15 is 0 Å². The van der Waals surface area contributed by atoms with E-state index in [1.54, 1.807) is 6.08 Å². The standard InChI is InChI=1S/C30H19ClO/c31-26-19-22-15-7-9-17-24(22)30(29(26)32)25-18-10-8-16-23(25)27(20-11-3-1-4-12-20)28(30)21-13-5-2-6-14-21/h1-19H. The topological polar surface area (TPSA) is 17.1 Å². The lowest BCUT2D eigenvalue weighted by molar-refractivity contribution is -0.117. The van der Waals surface area contributed by atoms with E-state index in [1.807, 2.05) is 66.7 Å². The first kappa shape index (κ1) is 19.0. The molecule has 4 aromatic carbocycles. The average molecular weight is 431 g/mol. The highest BCUT2D eigenvalue weighted by molar-refractivity contribution is 6.49. The van der Waals surface area contributed by atoms with Crippen LogP contribution in [0.25, 0.3) is 17.2 Å². The lowest BCUT2D eigenvalue weighted by Crippen LogP contribution is -2.39. The number of rotatable bonds is 2. The minimum atomic E-state index is -0.994. The Labute approximate surface area is 192 Å². The molecule has 4 aromatic rings. The van der Waals surface area contributed by atoms with Crippen LogP contribution in [0.1, 0.15) is 33.4 Å². The van der Waals surface area contributed by atoms with Crippen molar-refractivity contribution in [1.29, 1.82) is 0 Å². The molecule has 0 amide bonds. The Morgan fingerprint density at radius 3 is 1.88 bits per heavy atom. The Morgan fingerprint density at radius 1 is 0.594 bits per heavy atom. The third-order valence-corrected chi connectivity index (χ3v) is 6.84. The average Bonchev–Trinajstić information content (AvgIpc) is 3.16. The van der Waals surface area contributed by atoms with Crippen LogP contribution in [0.15, 0.2) is 114 Å². The molecule has 0 aliphatic heterocycles. The van der Waals surface area contributed by atoms with Gasteiger partial charge in [-0.3, -0.25) is 4.79 Å². The van der Waals surface area contributed by atoms with Gasteiger partial charge in [0.25, 0.3) is 0 Å². The summed E-state index contributed by atoms with van der Waals surface area (Å²) in [6.07, 6.45) is 1.80. The summed E-state index contributed by atoms with van der Waals surface area (Å²) < 4.78 is 0. The summed E-state index contributed by atoms with van der Waals surface area (Å²) in [6.45, 7) is 0. The molecule has 0 saturated carbocycles. The van der Waals surface area contributed by atoms with Crippen LogP contribution in [0.4, 0.5) is 0 Å². The van der Waals surface area contributed by atoms with E-state index in [9.17, 15) is 4.79 Å². The molecular formula is C30H19ClO. The van der Waals surface area contributed by atoms with Gasteiger partial charge in [0.1, 0.15) is 5.41 Å². The van der Waals surface area contributed by atoms with Crippen molar-refractivity contribution in [3.63, 3.8) is 0 Å². The summed E-state index contributed by atoms with van der Waals surface area (Å²) in [5.41, 5.74) is 7.22. The summed E-state index contributed by atoms with van der Waals surface area (Å²) >= 11 is 6.67. The molecule has 152 valence electrons. The van der Waals surface area contributed by atoms with Gasteiger partial charge in [-0.05, 0) is 50.6 Å². The minimum Gasteiger partial charge on any atom is -0.291 e. The van der Waals surface area contributed by atoms with Gasteiger partial charge in [-0.1, -0.05) is 121 Å². The zero-order valence-electron chi connectivity index (χ0n) is 17.3. The first-order valence-electron chi connectivity index (χ1n) is 10.7. The fourth-order valence-corrected chi connectivity index (χ4v) is 5.60. The number of carbonyl (C=O) groups excluding carboxylic acids is 1. The number of hydrogen-bond donors (Lipinski definition) is 0. The molecule has 0 radical (unpaired) electrons. The fraction of sp³-hybridized carbons (Fsp3) is 0.0333. The Balaban J connectivity index is 1.84. The number of allylic oxidation sites excluding steroid dienone is 2. The van der Waals surface area contributed by atoms with Gasteiger partial charge < -0.3 is 0 Å². The molecule has 6 rings (SSSR count). The van der Waals surface area contributed by atoms with E-state index in [0.29, 0.717) is 0 Å². The number of ketones is 1. The summed E-state index contributed by atoms with van der Waals surface area (Å²) in [4.78, 5) is 14.2. The Morgan fingerprint density at radius 2 is 1.16 bits per heavy atom. The van der Waals surface area contributed by atoms with E-state index in [0.717, 1.165) is 44.5 Å². The molecule has 0 saturated heterocycles. The van der Waals surface area contributed by atoms with E-state index < -0.39 is 5.41 Å². The van der Waals surface area contributed by atoms with Crippen LogP contribution in [-0.2, 0) is 10.2 Å². The SMILES string of the molecule is O=C1C(Cl)=Cc2ccccc2C12C(c1ccccc1)=C(c1ccccc1)c1ccccc12. The second-order valence-electron chi connectivity index (χ2n) is 8.19. The highest BCUT2D eigenvalue weighted by Gasteiger charge is 2.55. The van der Waals surface area contributed by atoms with Gasteiger partial charge in [0.2, 0.25) is 0 Å². The highest BCUT2D eigenvalue weighted by Crippen LogP contribution is 2.59. The third-order valence-electron chi connectivity index (χ3n) is 6.55. The second kappa shape index (κ2) is 7.19. The maximum absolute atomic E-state index is 14.2. The van der Waals surface area contributed by atoms with Crippen molar-refractivity contribution < 1.29 is 4.79 Å². The molecule has 1 atom stereocenters. The molecule has 1 unspecified atom stereocenters. The first-order valence-corrected chi connectivity index (χ1v) is 11.1.